The molecule has 1 rings (SSSR count). The smallest absolute Gasteiger partial charge is 0.129 e. The molecule has 2 nitrogen and oxygen atoms in total. The molecule has 0 fully saturated rings. The molecule has 8 heavy (non-hydrogen) atoms. The summed E-state index contributed by atoms with van der Waals surface area (Å²) in [6.45, 7) is 0.525. The Hall–Kier alpha value is -0.330. The average molecular weight is 130 g/mol. The second-order valence-electron chi connectivity index (χ2n) is 1.39. The van der Waals surface area contributed by atoms with Crippen LogP contribution >= 0.6 is 9.47 Å². The van der Waals surface area contributed by atoms with Gasteiger partial charge in [-0.3, -0.25) is 0 Å². The molecule has 0 aliphatic rings. The van der Waals surface area contributed by atoms with E-state index in [2.05, 4.69) is 9.47 Å². The van der Waals surface area contributed by atoms with Crippen molar-refractivity contribution >= 4 is 9.47 Å². The van der Waals surface area contributed by atoms with Gasteiger partial charge in [0.15, 0.2) is 0 Å². The maximum Gasteiger partial charge on any atom is 0.129 e. The van der Waals surface area contributed by atoms with E-state index in [1.165, 1.54) is 0 Å². The summed E-state index contributed by atoms with van der Waals surface area (Å²) < 4.78 is 9.64. The number of hydrogen-bond donors (Lipinski definition) is 0. The van der Waals surface area contributed by atoms with Crippen LogP contribution in [0.4, 0.5) is 0 Å². The summed E-state index contributed by atoms with van der Waals surface area (Å²) in [4.78, 5) is 0. The van der Waals surface area contributed by atoms with Crippen molar-refractivity contribution in [2.24, 2.45) is 0 Å². The standard InChI is InChI=1S/C5H7O2P/c8-7-4-5-2-1-3-6-5/h1-3H,4,8H2. The maximum absolute atomic E-state index is 4.94. The monoisotopic (exact) mass is 130 g/mol. The molecular weight excluding hydrogens is 123 g/mol. The Morgan fingerprint density at radius 3 is 3.12 bits per heavy atom. The Morgan fingerprint density at radius 1 is 1.75 bits per heavy atom. The number of rotatable bonds is 2. The zero-order valence-corrected chi connectivity index (χ0v) is 5.49. The van der Waals surface area contributed by atoms with Crippen LogP contribution in [-0.4, -0.2) is 0 Å². The van der Waals surface area contributed by atoms with Crippen molar-refractivity contribution in [1.29, 1.82) is 0 Å². The first-order valence-electron chi connectivity index (χ1n) is 2.27. The zero-order chi connectivity index (χ0) is 5.82. The molecule has 0 radical (unpaired) electrons. The lowest BCUT2D eigenvalue weighted by molar-refractivity contribution is 0.312. The van der Waals surface area contributed by atoms with Gasteiger partial charge in [0.2, 0.25) is 0 Å². The fourth-order valence-corrected chi connectivity index (χ4v) is 0.641. The SMILES string of the molecule is POCc1ccco1. The van der Waals surface area contributed by atoms with Crippen LogP contribution in [0, 0.1) is 0 Å². The predicted octanol–water partition coefficient (Wildman–Crippen LogP) is 1.59. The molecule has 0 aliphatic heterocycles. The molecule has 0 aliphatic carbocycles. The minimum atomic E-state index is 0.525. The molecule has 1 unspecified atom stereocenters. The van der Waals surface area contributed by atoms with Gasteiger partial charge in [-0.2, -0.15) is 0 Å². The van der Waals surface area contributed by atoms with Crippen LogP contribution in [0.3, 0.4) is 0 Å². The summed E-state index contributed by atoms with van der Waals surface area (Å²) in [7, 11) is 2.16. The predicted molar refractivity (Wildman–Crippen MR) is 33.2 cm³/mol. The molecule has 1 aromatic rings. The van der Waals surface area contributed by atoms with Crippen molar-refractivity contribution in [2.45, 2.75) is 6.61 Å². The molecule has 0 saturated heterocycles. The van der Waals surface area contributed by atoms with Crippen molar-refractivity contribution in [3.8, 4) is 0 Å². The van der Waals surface area contributed by atoms with E-state index in [0.29, 0.717) is 6.61 Å². The lowest BCUT2D eigenvalue weighted by Gasteiger charge is -1.88. The van der Waals surface area contributed by atoms with Gasteiger partial charge in [0.1, 0.15) is 12.4 Å². The van der Waals surface area contributed by atoms with E-state index in [1.807, 2.05) is 12.1 Å². The highest BCUT2D eigenvalue weighted by molar-refractivity contribution is 7.09. The van der Waals surface area contributed by atoms with Crippen molar-refractivity contribution in [1.82, 2.24) is 0 Å². The van der Waals surface area contributed by atoms with Crippen molar-refractivity contribution in [3.63, 3.8) is 0 Å². The molecule has 0 saturated carbocycles. The Morgan fingerprint density at radius 2 is 2.62 bits per heavy atom. The topological polar surface area (TPSA) is 22.4 Å². The maximum atomic E-state index is 4.94. The van der Waals surface area contributed by atoms with Gasteiger partial charge in [0.05, 0.1) is 6.26 Å². The first-order valence-corrected chi connectivity index (χ1v) is 2.74. The van der Waals surface area contributed by atoms with Crippen molar-refractivity contribution < 1.29 is 8.94 Å². The lowest BCUT2D eigenvalue weighted by Crippen LogP contribution is -1.75. The molecule has 0 N–H and O–H groups in total. The molecule has 3 heteroatoms. The summed E-state index contributed by atoms with van der Waals surface area (Å²) >= 11 is 0. The van der Waals surface area contributed by atoms with E-state index in [0.717, 1.165) is 5.76 Å². The van der Waals surface area contributed by atoms with Gasteiger partial charge in [-0.25, -0.2) is 0 Å². The van der Waals surface area contributed by atoms with Crippen LogP contribution in [-0.2, 0) is 11.1 Å². The van der Waals surface area contributed by atoms with Gasteiger partial charge < -0.3 is 8.94 Å². The van der Waals surface area contributed by atoms with Crippen LogP contribution in [0.1, 0.15) is 5.76 Å². The van der Waals surface area contributed by atoms with Crippen LogP contribution < -0.4 is 0 Å². The summed E-state index contributed by atoms with van der Waals surface area (Å²) in [5.74, 6) is 0.847. The zero-order valence-electron chi connectivity index (χ0n) is 4.33. The first kappa shape index (κ1) is 5.80. The summed E-state index contributed by atoms with van der Waals surface area (Å²) in [6, 6.07) is 3.70. The highest BCUT2D eigenvalue weighted by Gasteiger charge is 1.89. The van der Waals surface area contributed by atoms with Gasteiger partial charge in [-0.15, -0.1) is 0 Å². The average Bonchev–Trinajstić information content (AvgIpc) is 2.19. The Balaban J connectivity index is 2.50. The van der Waals surface area contributed by atoms with E-state index in [4.69, 9.17) is 8.94 Å². The fraction of sp³-hybridized carbons (Fsp3) is 0.200. The van der Waals surface area contributed by atoms with Crippen LogP contribution in [0.15, 0.2) is 22.8 Å². The number of hydrogen-bond acceptors (Lipinski definition) is 2. The fourth-order valence-electron chi connectivity index (χ4n) is 0.477. The van der Waals surface area contributed by atoms with E-state index in [-0.39, 0.29) is 0 Å². The Kier molecular flexibility index (Phi) is 2.07. The molecule has 1 aromatic heterocycles. The third-order valence-corrected chi connectivity index (χ3v) is 0.972. The third kappa shape index (κ3) is 1.32. The molecule has 0 aromatic carbocycles. The second kappa shape index (κ2) is 2.85. The van der Waals surface area contributed by atoms with Crippen molar-refractivity contribution in [2.75, 3.05) is 0 Å². The largest absolute Gasteiger partial charge is 0.467 e. The molecule has 1 atom stereocenters. The van der Waals surface area contributed by atoms with Gasteiger partial charge in [-0.1, -0.05) is 0 Å². The highest BCUT2D eigenvalue weighted by atomic mass is 31.0. The van der Waals surface area contributed by atoms with Gasteiger partial charge in [-0.05, 0) is 12.1 Å². The summed E-state index contributed by atoms with van der Waals surface area (Å²) in [5, 5.41) is 0. The van der Waals surface area contributed by atoms with Crippen LogP contribution in [0.2, 0.25) is 0 Å². The van der Waals surface area contributed by atoms with Crippen LogP contribution in [0.5, 0.6) is 0 Å². The second-order valence-corrected chi connectivity index (χ2v) is 1.72. The summed E-state index contributed by atoms with van der Waals surface area (Å²) in [6.07, 6.45) is 1.62. The van der Waals surface area contributed by atoms with Crippen molar-refractivity contribution in [3.05, 3.63) is 24.2 Å². The Labute approximate surface area is 50.1 Å². The van der Waals surface area contributed by atoms with E-state index >= 15 is 0 Å². The molecule has 1 heterocycles. The minimum Gasteiger partial charge on any atom is -0.467 e. The molecule has 0 bridgehead atoms. The molecule has 0 spiro atoms. The minimum absolute atomic E-state index is 0.525. The first-order chi connectivity index (χ1) is 3.93. The molecule has 0 amide bonds. The van der Waals surface area contributed by atoms with Crippen LogP contribution in [0.25, 0.3) is 0 Å². The van der Waals surface area contributed by atoms with Gasteiger partial charge in [0, 0.05) is 9.47 Å². The Bertz CT molecular complexity index is 136. The molecular formula is C5H7O2P. The summed E-state index contributed by atoms with van der Waals surface area (Å²) in [5.41, 5.74) is 0. The quantitative estimate of drug-likeness (QED) is 0.567. The number of furan rings is 1. The van der Waals surface area contributed by atoms with E-state index in [9.17, 15) is 0 Å². The normalized spacial score (nSPS) is 9.62. The third-order valence-electron chi connectivity index (χ3n) is 0.806. The van der Waals surface area contributed by atoms with Gasteiger partial charge in [0.25, 0.3) is 0 Å². The molecule has 44 valence electrons. The van der Waals surface area contributed by atoms with Gasteiger partial charge >= 0.3 is 0 Å². The van der Waals surface area contributed by atoms with E-state index in [1.54, 1.807) is 6.26 Å². The van der Waals surface area contributed by atoms with E-state index < -0.39 is 0 Å². The lowest BCUT2D eigenvalue weighted by atomic mass is 10.5. The highest BCUT2D eigenvalue weighted by Crippen LogP contribution is 2.02.